The van der Waals surface area contributed by atoms with Crippen LogP contribution in [0.2, 0.25) is 0 Å². The zero-order valence-corrected chi connectivity index (χ0v) is 15.4. The summed E-state index contributed by atoms with van der Waals surface area (Å²) in [7, 11) is -3.52. The lowest BCUT2D eigenvalue weighted by Crippen LogP contribution is -2.49. The van der Waals surface area contributed by atoms with E-state index in [0.717, 1.165) is 16.5 Å². The van der Waals surface area contributed by atoms with Crippen molar-refractivity contribution in [3.05, 3.63) is 49.2 Å². The van der Waals surface area contributed by atoms with Crippen molar-refractivity contribution < 1.29 is 8.42 Å². The molecule has 8 heteroatoms. The van der Waals surface area contributed by atoms with Gasteiger partial charge in [-0.05, 0) is 6.92 Å². The molecule has 0 N–H and O–H groups in total. The van der Waals surface area contributed by atoms with Gasteiger partial charge >= 0.3 is 0 Å². The summed E-state index contributed by atoms with van der Waals surface area (Å²) in [6.07, 6.45) is 6.70. The number of aromatic nitrogens is 3. The first-order valence-corrected chi connectivity index (χ1v) is 10.1. The Kier molecular flexibility index (Phi) is 4.37. The van der Waals surface area contributed by atoms with Crippen LogP contribution in [0.3, 0.4) is 0 Å². The molecule has 1 aromatic carbocycles. The van der Waals surface area contributed by atoms with Crippen LogP contribution in [0.25, 0.3) is 10.8 Å². The van der Waals surface area contributed by atoms with Crippen LogP contribution in [0.4, 0.5) is 5.69 Å². The molecule has 136 valence electrons. The summed E-state index contributed by atoms with van der Waals surface area (Å²) in [4.78, 5) is 10.5. The highest BCUT2D eigenvalue weighted by Gasteiger charge is 2.31. The summed E-state index contributed by atoms with van der Waals surface area (Å²) in [5, 5.41) is 2.50. The van der Waals surface area contributed by atoms with Crippen LogP contribution < -0.4 is 4.90 Å². The molecule has 0 unspecified atom stereocenters. The molecule has 0 radical (unpaired) electrons. The van der Waals surface area contributed by atoms with Crippen LogP contribution in [0.15, 0.2) is 54.2 Å². The Morgan fingerprint density at radius 2 is 1.77 bits per heavy atom. The number of nitrogens with zero attached hydrogens (tertiary/aromatic N) is 5. The van der Waals surface area contributed by atoms with E-state index in [4.69, 9.17) is 0 Å². The molecule has 0 aliphatic carbocycles. The SMILES string of the molecule is CCn1cncc1S(=O)(=O)N1CCN(c2cncc3ccccc23)CC1. The van der Waals surface area contributed by atoms with E-state index in [1.807, 2.05) is 37.5 Å². The molecule has 1 aliphatic heterocycles. The molecule has 3 heterocycles. The maximum absolute atomic E-state index is 12.9. The lowest BCUT2D eigenvalue weighted by atomic mass is 10.1. The lowest BCUT2D eigenvalue weighted by molar-refractivity contribution is 0.381. The van der Waals surface area contributed by atoms with Gasteiger partial charge in [-0.15, -0.1) is 0 Å². The predicted molar refractivity (Wildman–Crippen MR) is 101 cm³/mol. The number of sulfonamides is 1. The van der Waals surface area contributed by atoms with Crippen molar-refractivity contribution in [2.24, 2.45) is 0 Å². The van der Waals surface area contributed by atoms with Crippen LogP contribution in [0.5, 0.6) is 0 Å². The summed E-state index contributed by atoms with van der Waals surface area (Å²) in [6, 6.07) is 8.13. The highest BCUT2D eigenvalue weighted by Crippen LogP contribution is 2.27. The van der Waals surface area contributed by atoms with Crippen LogP contribution in [-0.2, 0) is 16.6 Å². The minimum atomic E-state index is -3.52. The Labute approximate surface area is 152 Å². The maximum atomic E-state index is 12.9. The molecular weight excluding hydrogens is 350 g/mol. The third-order valence-corrected chi connectivity index (χ3v) is 6.76. The quantitative estimate of drug-likeness (QED) is 0.701. The van der Waals surface area contributed by atoms with Gasteiger partial charge in [-0.25, -0.2) is 13.4 Å². The number of hydrogen-bond acceptors (Lipinski definition) is 5. The molecule has 1 saturated heterocycles. The zero-order chi connectivity index (χ0) is 18.1. The number of benzene rings is 1. The summed E-state index contributed by atoms with van der Waals surface area (Å²) in [5.74, 6) is 0. The molecule has 0 bridgehead atoms. The second kappa shape index (κ2) is 6.69. The van der Waals surface area contributed by atoms with Gasteiger partial charge in [0.05, 0.1) is 24.4 Å². The summed E-state index contributed by atoms with van der Waals surface area (Å²) in [5.41, 5.74) is 1.05. The van der Waals surface area contributed by atoms with Crippen molar-refractivity contribution in [3.63, 3.8) is 0 Å². The number of imidazole rings is 1. The molecule has 26 heavy (non-hydrogen) atoms. The van der Waals surface area contributed by atoms with Gasteiger partial charge in [0.1, 0.15) is 0 Å². The van der Waals surface area contributed by atoms with Crippen LogP contribution in [-0.4, -0.2) is 53.4 Å². The van der Waals surface area contributed by atoms with Gasteiger partial charge in [0.2, 0.25) is 0 Å². The Morgan fingerprint density at radius 3 is 2.54 bits per heavy atom. The molecule has 1 aliphatic rings. The Morgan fingerprint density at radius 1 is 1.00 bits per heavy atom. The van der Waals surface area contributed by atoms with Gasteiger partial charge in [-0.1, -0.05) is 24.3 Å². The molecule has 2 aromatic heterocycles. The Balaban J connectivity index is 1.56. The fourth-order valence-corrected chi connectivity index (χ4v) is 4.99. The molecule has 3 aromatic rings. The highest BCUT2D eigenvalue weighted by atomic mass is 32.2. The lowest BCUT2D eigenvalue weighted by Gasteiger charge is -2.35. The molecule has 4 rings (SSSR count). The standard InChI is InChI=1S/C18H21N5O2S/c1-2-21-14-20-13-18(21)26(24,25)23-9-7-22(8-10-23)17-12-19-11-15-5-3-4-6-16(15)17/h3-6,11-14H,2,7-10H2,1H3. The third-order valence-electron chi connectivity index (χ3n) is 4.85. The first-order valence-electron chi connectivity index (χ1n) is 8.69. The average molecular weight is 371 g/mol. The number of piperazine rings is 1. The van der Waals surface area contributed by atoms with E-state index in [1.165, 1.54) is 6.20 Å². The first kappa shape index (κ1) is 17.0. The molecule has 0 saturated carbocycles. The van der Waals surface area contributed by atoms with E-state index in [2.05, 4.69) is 20.9 Å². The molecule has 0 amide bonds. The van der Waals surface area contributed by atoms with Gasteiger partial charge in [0.25, 0.3) is 10.0 Å². The van der Waals surface area contributed by atoms with Gasteiger partial charge in [0.15, 0.2) is 5.03 Å². The predicted octanol–water partition coefficient (Wildman–Crippen LogP) is 1.96. The molecule has 0 spiro atoms. The number of pyridine rings is 1. The van der Waals surface area contributed by atoms with Gasteiger partial charge in [-0.3, -0.25) is 4.98 Å². The number of fused-ring (bicyclic) bond motifs is 1. The topological polar surface area (TPSA) is 71.3 Å². The summed E-state index contributed by atoms with van der Waals surface area (Å²) in [6.45, 7) is 4.65. The van der Waals surface area contributed by atoms with Crippen molar-refractivity contribution in [3.8, 4) is 0 Å². The van der Waals surface area contributed by atoms with Crippen LogP contribution in [0.1, 0.15) is 6.92 Å². The number of anilines is 1. The fourth-order valence-electron chi connectivity index (χ4n) is 3.42. The van der Waals surface area contributed by atoms with E-state index in [-0.39, 0.29) is 5.03 Å². The monoisotopic (exact) mass is 371 g/mol. The van der Waals surface area contributed by atoms with E-state index in [9.17, 15) is 8.42 Å². The van der Waals surface area contributed by atoms with Crippen molar-refractivity contribution in [2.75, 3.05) is 31.1 Å². The number of hydrogen-bond donors (Lipinski definition) is 0. The van der Waals surface area contributed by atoms with Gasteiger partial charge in [-0.2, -0.15) is 4.31 Å². The van der Waals surface area contributed by atoms with Gasteiger partial charge < -0.3 is 9.47 Å². The second-order valence-electron chi connectivity index (χ2n) is 6.29. The Hall–Kier alpha value is -2.45. The van der Waals surface area contributed by atoms with Crippen LogP contribution >= 0.6 is 0 Å². The molecule has 7 nitrogen and oxygen atoms in total. The minimum Gasteiger partial charge on any atom is -0.367 e. The normalized spacial score (nSPS) is 16.3. The van der Waals surface area contributed by atoms with Crippen molar-refractivity contribution in [2.45, 2.75) is 18.5 Å². The van der Waals surface area contributed by atoms with E-state index >= 15 is 0 Å². The Bertz CT molecular complexity index is 1020. The third kappa shape index (κ3) is 2.85. The highest BCUT2D eigenvalue weighted by molar-refractivity contribution is 7.89. The van der Waals surface area contributed by atoms with E-state index in [0.29, 0.717) is 32.7 Å². The summed E-state index contributed by atoms with van der Waals surface area (Å²) >= 11 is 0. The van der Waals surface area contributed by atoms with Crippen molar-refractivity contribution >= 4 is 26.5 Å². The van der Waals surface area contributed by atoms with E-state index < -0.39 is 10.0 Å². The minimum absolute atomic E-state index is 0.264. The van der Waals surface area contributed by atoms with Gasteiger partial charge in [0, 0.05) is 49.7 Å². The van der Waals surface area contributed by atoms with Crippen molar-refractivity contribution in [1.82, 2.24) is 18.8 Å². The molecular formula is C18H21N5O2S. The zero-order valence-electron chi connectivity index (χ0n) is 14.6. The fraction of sp³-hybridized carbons (Fsp3) is 0.333. The average Bonchev–Trinajstić information content (AvgIpc) is 3.17. The number of rotatable bonds is 4. The second-order valence-corrected chi connectivity index (χ2v) is 8.17. The first-order chi connectivity index (χ1) is 12.6. The molecule has 1 fully saturated rings. The maximum Gasteiger partial charge on any atom is 0.260 e. The largest absolute Gasteiger partial charge is 0.367 e. The number of aryl methyl sites for hydroxylation is 1. The summed E-state index contributed by atoms with van der Waals surface area (Å²) < 4.78 is 29.0. The smallest absolute Gasteiger partial charge is 0.260 e. The van der Waals surface area contributed by atoms with Crippen molar-refractivity contribution in [1.29, 1.82) is 0 Å². The molecule has 0 atom stereocenters. The van der Waals surface area contributed by atoms with Crippen LogP contribution in [0, 0.1) is 0 Å². The van der Waals surface area contributed by atoms with E-state index in [1.54, 1.807) is 15.2 Å².